The first-order valence-electron chi connectivity index (χ1n) is 26.2. The summed E-state index contributed by atoms with van der Waals surface area (Å²) in [6.45, 7) is 39.4. The predicted molar refractivity (Wildman–Crippen MR) is 275 cm³/mol. The summed E-state index contributed by atoms with van der Waals surface area (Å²) >= 11 is 0. The smallest absolute Gasteiger partial charge is 0.139 e. The zero-order chi connectivity index (χ0) is 51.5. The largest absolute Gasteiger partial charge is 0.455 e. The lowest BCUT2D eigenvalue weighted by Crippen LogP contribution is -2.19. The van der Waals surface area contributed by atoms with E-state index < -0.39 is 5.41 Å². The van der Waals surface area contributed by atoms with Gasteiger partial charge in [-0.15, -0.1) is 0 Å². The molecule has 0 unspecified atom stereocenters. The Morgan fingerprint density at radius 3 is 1.49 bits per heavy atom. The van der Waals surface area contributed by atoms with E-state index in [4.69, 9.17) is 4.42 Å². The van der Waals surface area contributed by atoms with Crippen molar-refractivity contribution in [1.29, 1.82) is 0 Å². The van der Waals surface area contributed by atoms with Gasteiger partial charge in [-0.3, -0.25) is 0 Å². The van der Waals surface area contributed by atoms with Gasteiger partial charge in [0, 0.05) is 21.8 Å². The monoisotopic (exact) mass is 832 g/mol. The molecule has 1 aliphatic rings. The van der Waals surface area contributed by atoms with Gasteiger partial charge in [0.25, 0.3) is 0 Å². The molecule has 318 valence electrons. The summed E-state index contributed by atoms with van der Waals surface area (Å²) in [6, 6.07) is 2.10. The molecule has 0 amide bonds. The Morgan fingerprint density at radius 1 is 0.333 bits per heavy atom. The highest BCUT2D eigenvalue weighted by Gasteiger charge is 2.41. The van der Waals surface area contributed by atoms with Crippen LogP contribution < -0.4 is 0 Å². The molecule has 0 aliphatic heterocycles. The third-order valence-electron chi connectivity index (χ3n) is 16.3. The van der Waals surface area contributed by atoms with E-state index in [0.29, 0.717) is 68.7 Å². The average molecular weight is 832 g/mol. The van der Waals surface area contributed by atoms with E-state index in [1.54, 1.807) is 0 Å². The molecule has 0 saturated carbocycles. The fourth-order valence-electron chi connectivity index (χ4n) is 11.9. The molecule has 0 fully saturated rings. The lowest BCUT2D eigenvalue weighted by atomic mass is 9.74. The number of hydrogen-bond acceptors (Lipinski definition) is 1. The SMILES string of the molecule is [2H]c1c([2H])c2c(c(C)c1C)C(C)(C)c1c(C)c(C)c([2H])c(-c3c4c(C)c(C)c(C)c([2H])c4c(-c4c(C)c(C)c(C)c5oc6c(C)c7c(C)c(C)c([2H])c(C)c7c([2H])c6c45)c4c([2H])c(C)c(C)c(C)c34)c1-2. The van der Waals surface area contributed by atoms with Gasteiger partial charge < -0.3 is 4.42 Å². The molecule has 1 heteroatoms. The molecule has 0 radical (unpaired) electrons. The van der Waals surface area contributed by atoms with Crippen LogP contribution in [0.1, 0.15) is 129 Å². The number of rotatable bonds is 2. The maximum Gasteiger partial charge on any atom is 0.139 e. The quantitative estimate of drug-likeness (QED) is 0.158. The third kappa shape index (κ3) is 5.17. The van der Waals surface area contributed by atoms with Gasteiger partial charge in [-0.25, -0.2) is 0 Å². The first-order chi connectivity index (χ1) is 32.6. The van der Waals surface area contributed by atoms with Gasteiger partial charge in [0.05, 0.1) is 9.60 Å². The lowest BCUT2D eigenvalue weighted by molar-refractivity contribution is 0.649. The van der Waals surface area contributed by atoms with Gasteiger partial charge in [-0.05, 0) is 290 Å². The van der Waals surface area contributed by atoms with Gasteiger partial charge in [0.1, 0.15) is 11.2 Å². The van der Waals surface area contributed by atoms with Gasteiger partial charge in [0.2, 0.25) is 0 Å². The second-order valence-corrected chi connectivity index (χ2v) is 19.9. The van der Waals surface area contributed by atoms with E-state index in [-0.39, 0.29) is 12.1 Å². The molecule has 10 rings (SSSR count). The zero-order valence-corrected chi connectivity index (χ0v) is 40.9. The van der Waals surface area contributed by atoms with Crippen LogP contribution in [0.25, 0.3) is 87.6 Å². The number of benzene rings is 8. The van der Waals surface area contributed by atoms with Crippen LogP contribution in [0.15, 0.2) is 46.7 Å². The van der Waals surface area contributed by atoms with Crippen molar-refractivity contribution in [2.45, 2.75) is 137 Å². The van der Waals surface area contributed by atoms with Crippen LogP contribution in [0, 0.1) is 118 Å². The minimum atomic E-state index is -0.562. The van der Waals surface area contributed by atoms with Crippen molar-refractivity contribution in [3.05, 3.63) is 148 Å². The highest BCUT2D eigenvalue weighted by atomic mass is 16.3. The Labute approximate surface area is 385 Å². The van der Waals surface area contributed by atoms with Crippen molar-refractivity contribution in [1.82, 2.24) is 0 Å². The maximum atomic E-state index is 10.5. The van der Waals surface area contributed by atoms with E-state index in [2.05, 4.69) is 83.1 Å². The summed E-state index contributed by atoms with van der Waals surface area (Å²) in [5, 5.41) is 6.14. The van der Waals surface area contributed by atoms with E-state index in [1.165, 1.54) is 0 Å². The molecule has 0 spiro atoms. The van der Waals surface area contributed by atoms with Crippen molar-refractivity contribution in [3.63, 3.8) is 0 Å². The summed E-state index contributed by atoms with van der Waals surface area (Å²) in [4.78, 5) is 0. The van der Waals surface area contributed by atoms with E-state index in [9.17, 15) is 9.60 Å². The van der Waals surface area contributed by atoms with Crippen LogP contribution in [0.2, 0.25) is 0 Å². The Hall–Kier alpha value is -5.66. The summed E-state index contributed by atoms with van der Waals surface area (Å²) in [7, 11) is 0. The molecule has 8 aromatic carbocycles. The normalized spacial score (nSPS) is 15.0. The van der Waals surface area contributed by atoms with Crippen LogP contribution in [-0.2, 0) is 5.41 Å². The minimum absolute atomic E-state index is 0.154. The van der Waals surface area contributed by atoms with Gasteiger partial charge in [0.15, 0.2) is 0 Å². The first kappa shape index (κ1) is 33.8. The molecule has 9 aromatic rings. The summed E-state index contributed by atoms with van der Waals surface area (Å²) in [5.74, 6) is 0. The molecule has 1 nitrogen and oxygen atoms in total. The second-order valence-electron chi connectivity index (χ2n) is 19.9. The van der Waals surface area contributed by atoms with Gasteiger partial charge in [-0.1, -0.05) is 50.1 Å². The summed E-state index contributed by atoms with van der Waals surface area (Å²) < 4.78 is 77.1. The van der Waals surface area contributed by atoms with E-state index >= 15 is 0 Å². The van der Waals surface area contributed by atoms with Crippen LogP contribution in [-0.4, -0.2) is 0 Å². The van der Waals surface area contributed by atoms with E-state index in [0.717, 1.165) is 155 Å². The van der Waals surface area contributed by atoms with Gasteiger partial charge in [-0.2, -0.15) is 0 Å². The molecule has 0 N–H and O–H groups in total. The maximum absolute atomic E-state index is 10.5. The number of aryl methyl sites for hydroxylation is 6. The second kappa shape index (κ2) is 13.4. The fraction of sp³-hybridized carbons (Fsp3) is 0.323. The van der Waals surface area contributed by atoms with Crippen molar-refractivity contribution >= 4 is 54.3 Å². The minimum Gasteiger partial charge on any atom is -0.455 e. The molecule has 0 saturated heterocycles. The number of furan rings is 1. The molecular weight excluding hydrogens is 761 g/mol. The fourth-order valence-corrected chi connectivity index (χ4v) is 11.9. The number of hydrogen-bond donors (Lipinski definition) is 0. The zero-order valence-electron chi connectivity index (χ0n) is 47.9. The number of fused-ring (bicyclic) bond motifs is 9. The Bertz CT molecular complexity index is 3960. The highest BCUT2D eigenvalue weighted by molar-refractivity contribution is 6.29. The highest BCUT2D eigenvalue weighted by Crippen LogP contribution is 2.59. The van der Waals surface area contributed by atoms with Crippen LogP contribution in [0.4, 0.5) is 0 Å². The Kier molecular flexibility index (Phi) is 7.21. The summed E-state index contributed by atoms with van der Waals surface area (Å²) in [6.07, 6.45) is 0. The van der Waals surface area contributed by atoms with Crippen molar-refractivity contribution in [2.75, 3.05) is 0 Å². The third-order valence-corrected chi connectivity index (χ3v) is 16.3. The van der Waals surface area contributed by atoms with Crippen molar-refractivity contribution < 1.29 is 14.0 Å². The molecule has 63 heavy (non-hydrogen) atoms. The molecule has 0 bridgehead atoms. The molecule has 1 aliphatic carbocycles. The molecule has 1 heterocycles. The molecule has 1 aromatic heterocycles. The molecule has 0 atom stereocenters. The predicted octanol–water partition coefficient (Wildman–Crippen LogP) is 17.9. The lowest BCUT2D eigenvalue weighted by Gasteiger charge is -2.28. The van der Waals surface area contributed by atoms with Crippen molar-refractivity contribution in [2.24, 2.45) is 0 Å². The topological polar surface area (TPSA) is 13.1 Å². The Balaban J connectivity index is 1.58. The van der Waals surface area contributed by atoms with Crippen molar-refractivity contribution in [3.8, 4) is 33.4 Å². The summed E-state index contributed by atoms with van der Waals surface area (Å²) in [5.41, 5.74) is 23.0. The van der Waals surface area contributed by atoms with Gasteiger partial charge >= 0.3 is 0 Å². The first-order valence-corrected chi connectivity index (χ1v) is 22.7. The van der Waals surface area contributed by atoms with Crippen LogP contribution in [0.5, 0.6) is 0 Å². The Morgan fingerprint density at radius 2 is 0.889 bits per heavy atom. The molecular formula is C62H64O. The average Bonchev–Trinajstić information content (AvgIpc) is 3.84. The van der Waals surface area contributed by atoms with E-state index in [1.807, 2.05) is 48.5 Å². The van der Waals surface area contributed by atoms with Crippen LogP contribution in [0.3, 0.4) is 0 Å². The standard InChI is InChI=1S/C62H64O/c1-27-20-21-44-55-48(25-31(5)37(11)59(55)62(18,19)58(44)36(27)10)56-51-39(13)33(7)29(3)23-46(51)54(47-24-30(4)34(8)40(14)52(47)56)53-41(15)38(12)42(16)61-57(53)49-26-45-32(6)22-28(2)35(9)50(45)43(17)60(49)63-61/h20-26H,1-19H3/i20D,21D,22D,23D,24D,25D,26D. The van der Waals surface area contributed by atoms with Crippen LogP contribution >= 0.6 is 0 Å².